The number of hydrogen-bond acceptors (Lipinski definition) is 6. The van der Waals surface area contributed by atoms with Gasteiger partial charge in [-0.2, -0.15) is 0 Å². The van der Waals surface area contributed by atoms with Gasteiger partial charge in [-0.1, -0.05) is 55.4 Å². The van der Waals surface area contributed by atoms with Gasteiger partial charge in [-0.05, 0) is 44.9 Å². The topological polar surface area (TPSA) is 96.4 Å². The minimum atomic E-state index is -1.14. The fraction of sp³-hybridized carbons (Fsp3) is 0.750. The van der Waals surface area contributed by atoms with Crippen LogP contribution in [0.4, 0.5) is 0 Å². The van der Waals surface area contributed by atoms with Crippen LogP contribution in [0.2, 0.25) is 0 Å². The van der Waals surface area contributed by atoms with Gasteiger partial charge in [0, 0.05) is 30.1 Å². The Bertz CT molecular complexity index is 915. The molecule has 208 valence electrons. The average molecular weight is 584 g/mol. The lowest BCUT2D eigenvalue weighted by atomic mass is 9.70. The molecular weight excluding hydrogens is 540 g/mol. The number of halogens is 1. The molecule has 9 heteroatoms. The maximum atomic E-state index is 14.5. The molecule has 6 atom stereocenters. The second-order valence-corrected chi connectivity index (χ2v) is 13.5. The third-order valence-electron chi connectivity index (χ3n) is 7.72. The van der Waals surface area contributed by atoms with Crippen LogP contribution < -0.4 is 0 Å². The first-order valence-electron chi connectivity index (χ1n) is 13.2. The molecule has 0 radical (unpaired) electrons. The summed E-state index contributed by atoms with van der Waals surface area (Å²) in [5.41, 5.74) is -1.70. The van der Waals surface area contributed by atoms with Crippen LogP contribution >= 0.6 is 15.9 Å². The van der Waals surface area contributed by atoms with Crippen molar-refractivity contribution in [2.45, 2.75) is 88.4 Å². The second-order valence-electron chi connectivity index (χ2n) is 12.3. The van der Waals surface area contributed by atoms with Gasteiger partial charge in [-0.3, -0.25) is 14.4 Å². The standard InChI is InChI=1S/C28H43BrN2O6/c1-8-12-31(27(6,7)17-26(3,4)5)24(34)22-28-16-18(29)21(37-28)19(25(35)36-15-9-2)20(28)23(33)30(22)13-10-11-14-32/h8-9,18-22,32H,1-2,10-17H2,3-7H3/t18?,19-,20+,21-,22?,28?/m1/s1. The van der Waals surface area contributed by atoms with Crippen LogP contribution in [0.25, 0.3) is 0 Å². The molecule has 0 aromatic rings. The number of likely N-dealkylation sites (tertiary alicyclic amines) is 1. The molecule has 0 saturated carbocycles. The third-order valence-corrected chi connectivity index (χ3v) is 8.56. The number of nitrogens with zero attached hydrogens (tertiary/aromatic N) is 2. The summed E-state index contributed by atoms with van der Waals surface area (Å²) in [6, 6.07) is -0.884. The Labute approximate surface area is 229 Å². The SMILES string of the molecule is C=CCOC(=O)[C@H]1[C@@H]2OC3(CC2Br)C(C(=O)N(CC=C)C(C)(C)CC(C)(C)C)N(CCCCO)C(=O)[C@H]13. The van der Waals surface area contributed by atoms with E-state index in [0.717, 1.165) is 6.42 Å². The molecule has 3 unspecified atom stereocenters. The summed E-state index contributed by atoms with van der Waals surface area (Å²) in [6.07, 6.45) is 4.85. The molecule has 0 aliphatic carbocycles. The van der Waals surface area contributed by atoms with Gasteiger partial charge in [0.25, 0.3) is 0 Å². The Morgan fingerprint density at radius 3 is 2.49 bits per heavy atom. The van der Waals surface area contributed by atoms with Crippen LogP contribution in [0.1, 0.15) is 60.3 Å². The van der Waals surface area contributed by atoms with Crippen LogP contribution in [-0.2, 0) is 23.9 Å². The number of carbonyl (C=O) groups is 3. The van der Waals surface area contributed by atoms with Crippen molar-refractivity contribution < 1.29 is 29.0 Å². The normalized spacial score (nSPS) is 30.8. The van der Waals surface area contributed by atoms with E-state index in [-0.39, 0.29) is 35.3 Å². The van der Waals surface area contributed by atoms with Crippen molar-refractivity contribution in [1.82, 2.24) is 9.80 Å². The quantitative estimate of drug-likeness (QED) is 0.164. The van der Waals surface area contributed by atoms with Gasteiger partial charge in [-0.15, -0.1) is 6.58 Å². The van der Waals surface area contributed by atoms with Crippen LogP contribution in [0.5, 0.6) is 0 Å². The van der Waals surface area contributed by atoms with Gasteiger partial charge in [0.15, 0.2) is 0 Å². The average Bonchev–Trinajstić information content (AvgIpc) is 3.37. The van der Waals surface area contributed by atoms with E-state index in [4.69, 9.17) is 9.47 Å². The van der Waals surface area contributed by atoms with E-state index in [0.29, 0.717) is 32.4 Å². The highest BCUT2D eigenvalue weighted by molar-refractivity contribution is 9.09. The van der Waals surface area contributed by atoms with Crippen molar-refractivity contribution in [2.24, 2.45) is 17.3 Å². The Hall–Kier alpha value is -1.71. The van der Waals surface area contributed by atoms with Crippen molar-refractivity contribution in [3.63, 3.8) is 0 Å². The smallest absolute Gasteiger partial charge is 0.312 e. The van der Waals surface area contributed by atoms with E-state index in [1.807, 2.05) is 18.7 Å². The lowest BCUT2D eigenvalue weighted by Gasteiger charge is -2.45. The summed E-state index contributed by atoms with van der Waals surface area (Å²) >= 11 is 3.67. The zero-order chi connectivity index (χ0) is 27.8. The number of amides is 2. The summed E-state index contributed by atoms with van der Waals surface area (Å²) < 4.78 is 11.9. The summed E-state index contributed by atoms with van der Waals surface area (Å²) in [5.74, 6) is -2.57. The Morgan fingerprint density at radius 2 is 1.92 bits per heavy atom. The first-order valence-corrected chi connectivity index (χ1v) is 14.1. The molecule has 3 rings (SSSR count). The predicted octanol–water partition coefficient (Wildman–Crippen LogP) is 3.47. The molecule has 2 amide bonds. The lowest BCUT2D eigenvalue weighted by molar-refractivity contribution is -0.155. The third kappa shape index (κ3) is 5.55. The molecule has 1 spiro atoms. The van der Waals surface area contributed by atoms with Crippen molar-refractivity contribution in [1.29, 1.82) is 0 Å². The number of unbranched alkanes of at least 4 members (excludes halogenated alkanes) is 1. The minimum Gasteiger partial charge on any atom is -0.461 e. The van der Waals surface area contributed by atoms with Gasteiger partial charge in [0.2, 0.25) is 11.8 Å². The first-order chi connectivity index (χ1) is 17.3. The zero-order valence-electron chi connectivity index (χ0n) is 22.9. The van der Waals surface area contributed by atoms with E-state index >= 15 is 0 Å². The lowest BCUT2D eigenvalue weighted by Crippen LogP contribution is -2.61. The molecule has 37 heavy (non-hydrogen) atoms. The van der Waals surface area contributed by atoms with Crippen LogP contribution in [0.15, 0.2) is 25.3 Å². The van der Waals surface area contributed by atoms with Crippen molar-refractivity contribution in [3.8, 4) is 0 Å². The van der Waals surface area contributed by atoms with E-state index in [1.165, 1.54) is 6.08 Å². The molecule has 1 N–H and O–H groups in total. The molecule has 3 saturated heterocycles. The highest BCUT2D eigenvalue weighted by Crippen LogP contribution is 2.60. The maximum absolute atomic E-state index is 14.5. The molecule has 3 aliphatic rings. The maximum Gasteiger partial charge on any atom is 0.312 e. The van der Waals surface area contributed by atoms with Gasteiger partial charge >= 0.3 is 5.97 Å². The summed E-state index contributed by atoms with van der Waals surface area (Å²) in [5, 5.41) is 9.36. The summed E-state index contributed by atoms with van der Waals surface area (Å²) in [7, 11) is 0. The van der Waals surface area contributed by atoms with Gasteiger partial charge < -0.3 is 24.4 Å². The summed E-state index contributed by atoms with van der Waals surface area (Å²) in [4.78, 5) is 44.9. The number of hydrogen-bond donors (Lipinski definition) is 1. The molecule has 3 heterocycles. The number of alkyl halides is 1. The first kappa shape index (κ1) is 29.8. The molecule has 8 nitrogen and oxygen atoms in total. The fourth-order valence-electron chi connectivity index (χ4n) is 6.86. The highest BCUT2D eigenvalue weighted by Gasteiger charge is 2.77. The second kappa shape index (κ2) is 11.2. The predicted molar refractivity (Wildman–Crippen MR) is 145 cm³/mol. The van der Waals surface area contributed by atoms with Crippen LogP contribution in [0, 0.1) is 17.3 Å². The van der Waals surface area contributed by atoms with Crippen LogP contribution in [0.3, 0.4) is 0 Å². The number of aliphatic hydroxyl groups excluding tert-OH is 1. The molecule has 3 fully saturated rings. The molecule has 0 aromatic heterocycles. The van der Waals surface area contributed by atoms with E-state index in [9.17, 15) is 19.5 Å². The van der Waals surface area contributed by atoms with E-state index in [1.54, 1.807) is 11.0 Å². The molecule has 0 aromatic carbocycles. The van der Waals surface area contributed by atoms with Gasteiger partial charge in [0.05, 0.1) is 17.9 Å². The Morgan fingerprint density at radius 1 is 1.24 bits per heavy atom. The van der Waals surface area contributed by atoms with Crippen molar-refractivity contribution >= 4 is 33.7 Å². The van der Waals surface area contributed by atoms with Gasteiger partial charge in [-0.25, -0.2) is 0 Å². The van der Waals surface area contributed by atoms with Crippen LogP contribution in [-0.4, -0.2) is 87.1 Å². The number of ether oxygens (including phenoxy) is 2. The Kier molecular flexibility index (Phi) is 9.02. The number of carbonyl (C=O) groups excluding carboxylic acids is 3. The largest absolute Gasteiger partial charge is 0.461 e. The molecule has 3 aliphatic heterocycles. The van der Waals surface area contributed by atoms with Crippen molar-refractivity contribution in [2.75, 3.05) is 26.3 Å². The highest BCUT2D eigenvalue weighted by atomic mass is 79.9. The molecule has 2 bridgehead atoms. The Balaban J connectivity index is 2.07. The number of rotatable bonds is 12. The number of esters is 1. The number of fused-ring (bicyclic) bond motifs is 1. The molecular formula is C28H43BrN2O6. The zero-order valence-corrected chi connectivity index (χ0v) is 24.5. The summed E-state index contributed by atoms with van der Waals surface area (Å²) in [6.45, 7) is 18.6. The van der Waals surface area contributed by atoms with E-state index < -0.39 is 41.1 Å². The van der Waals surface area contributed by atoms with Crippen molar-refractivity contribution in [3.05, 3.63) is 25.3 Å². The number of aliphatic hydroxyl groups is 1. The van der Waals surface area contributed by atoms with Gasteiger partial charge in [0.1, 0.15) is 18.2 Å². The fourth-order valence-corrected chi connectivity index (χ4v) is 7.80. The van der Waals surface area contributed by atoms with E-state index in [2.05, 4.69) is 49.9 Å². The minimum absolute atomic E-state index is 0.00499. The monoisotopic (exact) mass is 582 g/mol.